The predicted octanol–water partition coefficient (Wildman–Crippen LogP) is 0.349. The van der Waals surface area contributed by atoms with Crippen molar-refractivity contribution in [2.45, 2.75) is 25.7 Å². The van der Waals surface area contributed by atoms with E-state index in [4.69, 9.17) is 5.84 Å². The molecule has 2 fully saturated rings. The highest BCUT2D eigenvalue weighted by Gasteiger charge is 2.53. The van der Waals surface area contributed by atoms with Gasteiger partial charge in [0.1, 0.15) is 0 Å². The first-order valence-electron chi connectivity index (χ1n) is 4.51. The van der Waals surface area contributed by atoms with Crippen molar-refractivity contribution in [2.24, 2.45) is 17.2 Å². The Morgan fingerprint density at radius 3 is 2.58 bits per heavy atom. The van der Waals surface area contributed by atoms with Gasteiger partial charge in [0, 0.05) is 6.54 Å². The van der Waals surface area contributed by atoms with E-state index in [2.05, 4.69) is 10.7 Å². The van der Waals surface area contributed by atoms with E-state index in [9.17, 15) is 4.79 Å². The lowest BCUT2D eigenvalue weighted by Gasteiger charge is -2.14. The van der Waals surface area contributed by atoms with Crippen molar-refractivity contribution in [1.29, 1.82) is 0 Å². The summed E-state index contributed by atoms with van der Waals surface area (Å²) in [6.07, 6.45) is 5.27. The van der Waals surface area contributed by atoms with Crippen molar-refractivity contribution in [3.05, 3.63) is 0 Å². The quantitative estimate of drug-likeness (QED) is 0.324. The van der Waals surface area contributed by atoms with Crippen molar-refractivity contribution in [3.8, 4) is 0 Å². The maximum absolute atomic E-state index is 10.8. The minimum Gasteiger partial charge on any atom is -0.336 e. The number of hydrogen-bond acceptors (Lipinski definition) is 2. The van der Waals surface area contributed by atoms with E-state index >= 15 is 0 Å². The molecule has 2 amide bonds. The summed E-state index contributed by atoms with van der Waals surface area (Å²) >= 11 is 0. The van der Waals surface area contributed by atoms with Gasteiger partial charge >= 0.3 is 6.03 Å². The smallest absolute Gasteiger partial charge is 0.328 e. The molecule has 0 aromatic rings. The predicted molar refractivity (Wildman–Crippen MR) is 45.1 cm³/mol. The number of nitrogens with two attached hydrogens (primary N) is 1. The average molecular weight is 169 g/mol. The third-order valence-corrected chi connectivity index (χ3v) is 3.07. The zero-order valence-corrected chi connectivity index (χ0v) is 7.10. The molecule has 0 atom stereocenters. The van der Waals surface area contributed by atoms with Gasteiger partial charge < -0.3 is 5.32 Å². The van der Waals surface area contributed by atoms with Crippen LogP contribution in [-0.4, -0.2) is 12.6 Å². The first kappa shape index (κ1) is 7.86. The van der Waals surface area contributed by atoms with Crippen LogP contribution in [0.25, 0.3) is 0 Å². The minimum atomic E-state index is -0.262. The molecular weight excluding hydrogens is 154 g/mol. The van der Waals surface area contributed by atoms with Gasteiger partial charge in [0.05, 0.1) is 0 Å². The number of nitrogens with one attached hydrogen (secondary N) is 2. The van der Waals surface area contributed by atoms with Crippen LogP contribution in [0.1, 0.15) is 25.7 Å². The molecule has 2 aliphatic carbocycles. The van der Waals surface area contributed by atoms with Crippen LogP contribution in [0.3, 0.4) is 0 Å². The maximum atomic E-state index is 10.8. The summed E-state index contributed by atoms with van der Waals surface area (Å²) in [5.74, 6) is 5.84. The Hall–Kier alpha value is -0.770. The molecule has 0 spiro atoms. The highest BCUT2D eigenvalue weighted by atomic mass is 16.2. The fourth-order valence-electron chi connectivity index (χ4n) is 1.89. The molecule has 0 aliphatic heterocycles. The second kappa shape index (κ2) is 2.62. The van der Waals surface area contributed by atoms with Crippen molar-refractivity contribution in [1.82, 2.24) is 10.7 Å². The van der Waals surface area contributed by atoms with E-state index in [0.29, 0.717) is 5.41 Å². The van der Waals surface area contributed by atoms with Crippen LogP contribution in [-0.2, 0) is 0 Å². The van der Waals surface area contributed by atoms with E-state index < -0.39 is 0 Å². The van der Waals surface area contributed by atoms with Gasteiger partial charge in [0.15, 0.2) is 0 Å². The van der Waals surface area contributed by atoms with Crippen LogP contribution in [0.5, 0.6) is 0 Å². The molecule has 0 heterocycles. The zero-order valence-electron chi connectivity index (χ0n) is 7.10. The van der Waals surface area contributed by atoms with Gasteiger partial charge in [0.2, 0.25) is 0 Å². The number of hydrogen-bond donors (Lipinski definition) is 3. The Bertz CT molecular complexity index is 196. The Balaban J connectivity index is 1.75. The highest BCUT2D eigenvalue weighted by molar-refractivity contribution is 5.73. The van der Waals surface area contributed by atoms with Crippen LogP contribution in [0.15, 0.2) is 0 Å². The summed E-state index contributed by atoms with van der Waals surface area (Å²) in [5.41, 5.74) is 2.54. The zero-order chi connectivity index (χ0) is 8.60. The Labute approximate surface area is 71.9 Å². The summed E-state index contributed by atoms with van der Waals surface area (Å²) in [7, 11) is 0. The average Bonchev–Trinajstić information content (AvgIpc) is 2.88. The van der Waals surface area contributed by atoms with Gasteiger partial charge in [0.25, 0.3) is 0 Å². The molecule has 2 aliphatic rings. The van der Waals surface area contributed by atoms with Crippen molar-refractivity contribution >= 4 is 6.03 Å². The number of urea groups is 1. The van der Waals surface area contributed by atoms with E-state index in [-0.39, 0.29) is 6.03 Å². The third kappa shape index (κ3) is 1.39. The lowest BCUT2D eigenvalue weighted by atomic mass is 10.0. The number of amides is 2. The van der Waals surface area contributed by atoms with Crippen molar-refractivity contribution < 1.29 is 4.79 Å². The molecule has 4 nitrogen and oxygen atoms in total. The minimum absolute atomic E-state index is 0.262. The Morgan fingerprint density at radius 2 is 2.17 bits per heavy atom. The maximum Gasteiger partial charge on any atom is 0.328 e. The van der Waals surface area contributed by atoms with Crippen LogP contribution in [0.4, 0.5) is 4.79 Å². The van der Waals surface area contributed by atoms with E-state index in [1.165, 1.54) is 25.7 Å². The number of carbonyl (C=O) groups excluding carboxylic acids is 1. The van der Waals surface area contributed by atoms with Crippen molar-refractivity contribution in [3.63, 3.8) is 0 Å². The number of hydrazine groups is 1. The normalized spacial score (nSPS) is 24.8. The monoisotopic (exact) mass is 169 g/mol. The highest BCUT2D eigenvalue weighted by Crippen LogP contribution is 2.60. The first-order chi connectivity index (χ1) is 5.77. The largest absolute Gasteiger partial charge is 0.336 e. The molecule has 0 radical (unpaired) electrons. The van der Waals surface area contributed by atoms with Crippen LogP contribution < -0.4 is 16.6 Å². The molecule has 4 heteroatoms. The summed E-state index contributed by atoms with van der Waals surface area (Å²) in [6.45, 7) is 0.806. The molecule has 0 saturated heterocycles. The molecule has 0 bridgehead atoms. The molecule has 2 saturated carbocycles. The summed E-state index contributed by atoms with van der Waals surface area (Å²) in [6, 6.07) is -0.262. The van der Waals surface area contributed by atoms with Gasteiger partial charge in [-0.05, 0) is 37.0 Å². The van der Waals surface area contributed by atoms with Gasteiger partial charge in [-0.1, -0.05) is 0 Å². The first-order valence-corrected chi connectivity index (χ1v) is 4.51. The van der Waals surface area contributed by atoms with E-state index in [0.717, 1.165) is 12.5 Å². The number of rotatable bonds is 3. The Morgan fingerprint density at radius 1 is 1.50 bits per heavy atom. The van der Waals surface area contributed by atoms with Crippen LogP contribution >= 0.6 is 0 Å². The standard InChI is InChI=1S/C8H15N3O/c9-11-7(12)10-5-8(3-4-8)6-1-2-6/h6H,1-5,9H2,(H2,10,11,12). The second-order valence-corrected chi connectivity index (χ2v) is 3.96. The number of carbonyl (C=O) groups is 1. The molecule has 0 aromatic carbocycles. The Kier molecular flexibility index (Phi) is 1.72. The molecule has 12 heavy (non-hydrogen) atoms. The van der Waals surface area contributed by atoms with Crippen LogP contribution in [0.2, 0.25) is 0 Å². The molecule has 0 unspecified atom stereocenters. The molecular formula is C8H15N3O. The van der Waals surface area contributed by atoms with E-state index in [1.807, 2.05) is 0 Å². The SMILES string of the molecule is NNC(=O)NCC1(C2CC2)CC1. The van der Waals surface area contributed by atoms with Gasteiger partial charge in [-0.15, -0.1) is 0 Å². The molecule has 68 valence electrons. The molecule has 4 N–H and O–H groups in total. The van der Waals surface area contributed by atoms with Crippen molar-refractivity contribution in [2.75, 3.05) is 6.54 Å². The van der Waals surface area contributed by atoms with Crippen LogP contribution in [0, 0.1) is 11.3 Å². The lowest BCUT2D eigenvalue weighted by molar-refractivity contribution is 0.237. The topological polar surface area (TPSA) is 67.1 Å². The van der Waals surface area contributed by atoms with Gasteiger partial charge in [-0.3, -0.25) is 5.43 Å². The fraction of sp³-hybridized carbons (Fsp3) is 0.875. The second-order valence-electron chi connectivity index (χ2n) is 3.96. The fourth-order valence-corrected chi connectivity index (χ4v) is 1.89. The summed E-state index contributed by atoms with van der Waals surface area (Å²) < 4.78 is 0. The summed E-state index contributed by atoms with van der Waals surface area (Å²) in [5, 5.41) is 2.78. The third-order valence-electron chi connectivity index (χ3n) is 3.07. The van der Waals surface area contributed by atoms with E-state index in [1.54, 1.807) is 0 Å². The van der Waals surface area contributed by atoms with Gasteiger partial charge in [-0.2, -0.15) is 0 Å². The summed E-state index contributed by atoms with van der Waals surface area (Å²) in [4.78, 5) is 10.8. The van der Waals surface area contributed by atoms with Gasteiger partial charge in [-0.25, -0.2) is 10.6 Å². The molecule has 0 aromatic heterocycles. The molecule has 2 rings (SSSR count). The lowest BCUT2D eigenvalue weighted by Crippen LogP contribution is -2.42.